The van der Waals surface area contributed by atoms with Crippen LogP contribution in [0.15, 0.2) is 54.6 Å². The second-order valence-electron chi connectivity index (χ2n) is 5.96. The van der Waals surface area contributed by atoms with Crippen LogP contribution in [0.25, 0.3) is 0 Å². The van der Waals surface area contributed by atoms with Gasteiger partial charge in [0.05, 0.1) is 6.10 Å². The Labute approximate surface area is 137 Å². The van der Waals surface area contributed by atoms with Gasteiger partial charge in [-0.3, -0.25) is 4.79 Å². The van der Waals surface area contributed by atoms with Gasteiger partial charge in [-0.25, -0.2) is 0 Å². The molecule has 1 saturated heterocycles. The smallest absolute Gasteiger partial charge is 0.258 e. The summed E-state index contributed by atoms with van der Waals surface area (Å²) in [6.45, 7) is 1.72. The van der Waals surface area contributed by atoms with Crippen molar-refractivity contribution in [2.24, 2.45) is 0 Å². The summed E-state index contributed by atoms with van der Waals surface area (Å²) in [5.41, 5.74) is 2.67. The standard InChI is InChI=1S/C19H22N2O2/c1-20(16-5-3-2-4-6-16)19(23)15-7-9-17(10-8-15)21-13-11-18(22)12-14-21/h2-10,18,22H,11-14H2,1H3. The van der Waals surface area contributed by atoms with Gasteiger partial charge >= 0.3 is 0 Å². The molecule has 3 rings (SSSR count). The quantitative estimate of drug-likeness (QED) is 0.948. The molecule has 0 saturated carbocycles. The molecular weight excluding hydrogens is 288 g/mol. The van der Waals surface area contributed by atoms with Crippen LogP contribution in [0.5, 0.6) is 0 Å². The summed E-state index contributed by atoms with van der Waals surface area (Å²) >= 11 is 0. The fourth-order valence-corrected chi connectivity index (χ4v) is 2.90. The minimum absolute atomic E-state index is 0.0168. The molecule has 0 aliphatic carbocycles. The summed E-state index contributed by atoms with van der Waals surface area (Å²) in [6.07, 6.45) is 1.43. The first kappa shape index (κ1) is 15.6. The topological polar surface area (TPSA) is 43.8 Å². The van der Waals surface area contributed by atoms with Crippen LogP contribution in [-0.2, 0) is 0 Å². The minimum atomic E-state index is -0.174. The van der Waals surface area contributed by atoms with Crippen molar-refractivity contribution in [1.82, 2.24) is 0 Å². The largest absolute Gasteiger partial charge is 0.393 e. The van der Waals surface area contributed by atoms with Crippen LogP contribution in [0.3, 0.4) is 0 Å². The zero-order chi connectivity index (χ0) is 16.2. The van der Waals surface area contributed by atoms with Gasteiger partial charge in [0.15, 0.2) is 0 Å². The molecular formula is C19H22N2O2. The van der Waals surface area contributed by atoms with Crippen LogP contribution in [-0.4, -0.2) is 37.3 Å². The highest BCUT2D eigenvalue weighted by Gasteiger charge is 2.18. The fraction of sp³-hybridized carbons (Fsp3) is 0.316. The second kappa shape index (κ2) is 6.84. The number of hydrogen-bond donors (Lipinski definition) is 1. The van der Waals surface area contributed by atoms with E-state index in [4.69, 9.17) is 0 Å². The molecule has 23 heavy (non-hydrogen) atoms. The van der Waals surface area contributed by atoms with Crippen LogP contribution in [0.2, 0.25) is 0 Å². The molecule has 1 N–H and O–H groups in total. The lowest BCUT2D eigenvalue weighted by Gasteiger charge is -2.31. The first-order chi connectivity index (χ1) is 11.1. The number of benzene rings is 2. The van der Waals surface area contributed by atoms with E-state index in [0.29, 0.717) is 5.56 Å². The van der Waals surface area contributed by atoms with Crippen molar-refractivity contribution < 1.29 is 9.90 Å². The van der Waals surface area contributed by atoms with Gasteiger partial charge in [-0.2, -0.15) is 0 Å². The zero-order valence-corrected chi connectivity index (χ0v) is 13.4. The number of nitrogens with zero attached hydrogens (tertiary/aromatic N) is 2. The van der Waals surface area contributed by atoms with Crippen LogP contribution >= 0.6 is 0 Å². The molecule has 0 spiro atoms. The van der Waals surface area contributed by atoms with Gasteiger partial charge in [-0.1, -0.05) is 18.2 Å². The second-order valence-corrected chi connectivity index (χ2v) is 5.96. The van der Waals surface area contributed by atoms with Gasteiger partial charge in [0, 0.05) is 37.1 Å². The Morgan fingerprint density at radius 1 is 1.04 bits per heavy atom. The van der Waals surface area contributed by atoms with E-state index in [0.717, 1.165) is 37.3 Å². The van der Waals surface area contributed by atoms with E-state index in [2.05, 4.69) is 4.90 Å². The lowest BCUT2D eigenvalue weighted by molar-refractivity contribution is 0.0993. The molecule has 4 heteroatoms. The van der Waals surface area contributed by atoms with E-state index in [9.17, 15) is 9.90 Å². The van der Waals surface area contributed by atoms with Crippen molar-refractivity contribution in [2.45, 2.75) is 18.9 Å². The van der Waals surface area contributed by atoms with Crippen molar-refractivity contribution in [3.05, 3.63) is 60.2 Å². The lowest BCUT2D eigenvalue weighted by atomic mass is 10.1. The average Bonchev–Trinajstić information content (AvgIpc) is 2.62. The van der Waals surface area contributed by atoms with E-state index in [1.54, 1.807) is 11.9 Å². The molecule has 0 atom stereocenters. The SMILES string of the molecule is CN(C(=O)c1ccc(N2CCC(O)CC2)cc1)c1ccccc1. The third-order valence-electron chi connectivity index (χ3n) is 4.39. The van der Waals surface area contributed by atoms with Crippen LogP contribution in [0.1, 0.15) is 23.2 Å². The number of piperidine rings is 1. The Kier molecular flexibility index (Phi) is 4.63. The predicted octanol–water partition coefficient (Wildman–Crippen LogP) is 2.92. The number of aliphatic hydroxyl groups is 1. The summed E-state index contributed by atoms with van der Waals surface area (Å²) in [5, 5.41) is 9.58. The molecule has 1 aliphatic heterocycles. The highest BCUT2D eigenvalue weighted by atomic mass is 16.3. The molecule has 4 nitrogen and oxygen atoms in total. The highest BCUT2D eigenvalue weighted by molar-refractivity contribution is 6.05. The number of amides is 1. The number of anilines is 2. The monoisotopic (exact) mass is 310 g/mol. The number of para-hydroxylation sites is 1. The van der Waals surface area contributed by atoms with Crippen molar-refractivity contribution in [2.75, 3.05) is 29.9 Å². The number of carbonyl (C=O) groups excluding carboxylic acids is 1. The normalized spacial score (nSPS) is 15.5. The van der Waals surface area contributed by atoms with E-state index in [1.165, 1.54) is 0 Å². The summed E-state index contributed by atoms with van der Waals surface area (Å²) in [4.78, 5) is 16.5. The van der Waals surface area contributed by atoms with E-state index < -0.39 is 0 Å². The van der Waals surface area contributed by atoms with Gasteiger partial charge in [0.25, 0.3) is 5.91 Å². The molecule has 120 valence electrons. The van der Waals surface area contributed by atoms with Crippen molar-refractivity contribution in [1.29, 1.82) is 0 Å². The molecule has 1 amide bonds. The highest BCUT2D eigenvalue weighted by Crippen LogP contribution is 2.22. The Hall–Kier alpha value is -2.33. The molecule has 0 radical (unpaired) electrons. The first-order valence-electron chi connectivity index (χ1n) is 8.01. The summed E-state index contributed by atoms with van der Waals surface area (Å²) in [6, 6.07) is 17.4. The Morgan fingerprint density at radius 3 is 2.26 bits per heavy atom. The molecule has 1 fully saturated rings. The molecule has 1 aliphatic rings. The van der Waals surface area contributed by atoms with Gasteiger partial charge in [-0.15, -0.1) is 0 Å². The molecule has 0 unspecified atom stereocenters. The van der Waals surface area contributed by atoms with Crippen molar-refractivity contribution >= 4 is 17.3 Å². The van der Waals surface area contributed by atoms with Crippen LogP contribution in [0, 0.1) is 0 Å². The third kappa shape index (κ3) is 3.54. The zero-order valence-electron chi connectivity index (χ0n) is 13.4. The Balaban J connectivity index is 1.70. The number of carbonyl (C=O) groups is 1. The molecule has 1 heterocycles. The minimum Gasteiger partial charge on any atom is -0.393 e. The Bertz CT molecular complexity index is 647. The van der Waals surface area contributed by atoms with Gasteiger partial charge in [-0.05, 0) is 49.2 Å². The predicted molar refractivity (Wildman–Crippen MR) is 93.1 cm³/mol. The lowest BCUT2D eigenvalue weighted by Crippen LogP contribution is -2.35. The van der Waals surface area contributed by atoms with E-state index >= 15 is 0 Å². The maximum Gasteiger partial charge on any atom is 0.258 e. The molecule has 0 bridgehead atoms. The first-order valence-corrected chi connectivity index (χ1v) is 8.01. The average molecular weight is 310 g/mol. The van der Waals surface area contributed by atoms with Gasteiger partial charge < -0.3 is 14.9 Å². The summed E-state index contributed by atoms with van der Waals surface area (Å²) < 4.78 is 0. The molecule has 2 aromatic carbocycles. The summed E-state index contributed by atoms with van der Waals surface area (Å²) in [7, 11) is 1.79. The molecule has 2 aromatic rings. The number of hydrogen-bond acceptors (Lipinski definition) is 3. The number of aliphatic hydroxyl groups excluding tert-OH is 1. The van der Waals surface area contributed by atoms with E-state index in [1.807, 2.05) is 54.6 Å². The van der Waals surface area contributed by atoms with Crippen molar-refractivity contribution in [3.8, 4) is 0 Å². The third-order valence-corrected chi connectivity index (χ3v) is 4.39. The number of rotatable bonds is 3. The summed E-state index contributed by atoms with van der Waals surface area (Å²) in [5.74, 6) is -0.0168. The fourth-order valence-electron chi connectivity index (χ4n) is 2.90. The van der Waals surface area contributed by atoms with E-state index in [-0.39, 0.29) is 12.0 Å². The van der Waals surface area contributed by atoms with Crippen LogP contribution in [0.4, 0.5) is 11.4 Å². The van der Waals surface area contributed by atoms with Gasteiger partial charge in [0.2, 0.25) is 0 Å². The van der Waals surface area contributed by atoms with Crippen molar-refractivity contribution in [3.63, 3.8) is 0 Å². The molecule has 0 aromatic heterocycles. The maximum absolute atomic E-state index is 12.6. The van der Waals surface area contributed by atoms with Crippen LogP contribution < -0.4 is 9.80 Å². The maximum atomic E-state index is 12.6. The van der Waals surface area contributed by atoms with Gasteiger partial charge in [0.1, 0.15) is 0 Å². The Morgan fingerprint density at radius 2 is 1.65 bits per heavy atom.